The van der Waals surface area contributed by atoms with E-state index in [9.17, 15) is 0 Å². The van der Waals surface area contributed by atoms with E-state index in [4.69, 9.17) is 4.74 Å². The molecule has 0 unspecified atom stereocenters. The normalized spacial score (nSPS) is 16.0. The fourth-order valence-electron chi connectivity index (χ4n) is 2.89. The van der Waals surface area contributed by atoms with Gasteiger partial charge in [-0.25, -0.2) is 0 Å². The number of nitrogens with zero attached hydrogens (tertiary/aromatic N) is 1. The van der Waals surface area contributed by atoms with Crippen LogP contribution in [0.5, 0.6) is 0 Å². The Kier molecular flexibility index (Phi) is 5.03. The van der Waals surface area contributed by atoms with Crippen LogP contribution in [0.1, 0.15) is 12.0 Å². The van der Waals surface area contributed by atoms with Gasteiger partial charge in [-0.1, -0.05) is 48.5 Å². The Morgan fingerprint density at radius 2 is 1.86 bits per heavy atom. The van der Waals surface area contributed by atoms with E-state index in [0.29, 0.717) is 0 Å². The average molecular weight is 280 g/mol. The number of hydrogen-bond donors (Lipinski definition) is 0. The summed E-state index contributed by atoms with van der Waals surface area (Å²) in [5.74, 6) is 0. The van der Waals surface area contributed by atoms with Gasteiger partial charge >= 0.3 is 0 Å². The molecule has 1 saturated heterocycles. The first-order valence-corrected chi connectivity index (χ1v) is 7.78. The van der Waals surface area contributed by atoms with Gasteiger partial charge in [0.25, 0.3) is 0 Å². The van der Waals surface area contributed by atoms with Gasteiger partial charge in [0, 0.05) is 13.1 Å². The second kappa shape index (κ2) is 7.39. The lowest BCUT2D eigenvalue weighted by atomic mass is 9.97. The van der Waals surface area contributed by atoms with Crippen LogP contribution in [0, 0.1) is 6.07 Å². The maximum absolute atomic E-state index is 5.39. The van der Waals surface area contributed by atoms with E-state index in [0.717, 1.165) is 39.3 Å². The third-order valence-electron chi connectivity index (χ3n) is 4.06. The molecule has 21 heavy (non-hydrogen) atoms. The second-order valence-electron chi connectivity index (χ2n) is 5.51. The molecule has 1 aliphatic heterocycles. The molecule has 1 radical (unpaired) electrons. The summed E-state index contributed by atoms with van der Waals surface area (Å²) in [7, 11) is 0. The fourth-order valence-corrected chi connectivity index (χ4v) is 2.89. The minimum Gasteiger partial charge on any atom is -0.379 e. The molecule has 0 saturated carbocycles. The van der Waals surface area contributed by atoms with E-state index >= 15 is 0 Å². The van der Waals surface area contributed by atoms with Gasteiger partial charge in [-0.05, 0) is 42.1 Å². The number of ether oxygens (including phenoxy) is 1. The van der Waals surface area contributed by atoms with E-state index in [2.05, 4.69) is 53.4 Å². The van der Waals surface area contributed by atoms with Crippen molar-refractivity contribution in [2.45, 2.75) is 12.8 Å². The van der Waals surface area contributed by atoms with Crippen molar-refractivity contribution in [3.63, 3.8) is 0 Å². The summed E-state index contributed by atoms with van der Waals surface area (Å²) in [6.07, 6.45) is 2.30. The molecule has 0 bridgehead atoms. The predicted molar refractivity (Wildman–Crippen MR) is 86.3 cm³/mol. The number of morpholine rings is 1. The van der Waals surface area contributed by atoms with Gasteiger partial charge in [0.1, 0.15) is 0 Å². The van der Waals surface area contributed by atoms with E-state index < -0.39 is 0 Å². The molecule has 0 aliphatic carbocycles. The van der Waals surface area contributed by atoms with Gasteiger partial charge in [0.05, 0.1) is 13.2 Å². The second-order valence-corrected chi connectivity index (χ2v) is 5.51. The Hall–Kier alpha value is -1.64. The van der Waals surface area contributed by atoms with Crippen LogP contribution in [0.25, 0.3) is 11.1 Å². The highest BCUT2D eigenvalue weighted by Crippen LogP contribution is 2.24. The molecule has 1 fully saturated rings. The molecule has 0 spiro atoms. The van der Waals surface area contributed by atoms with Crippen molar-refractivity contribution in [2.24, 2.45) is 0 Å². The van der Waals surface area contributed by atoms with Crippen molar-refractivity contribution in [2.75, 3.05) is 32.8 Å². The van der Waals surface area contributed by atoms with Gasteiger partial charge in [0.15, 0.2) is 0 Å². The van der Waals surface area contributed by atoms with E-state index in [-0.39, 0.29) is 0 Å². The van der Waals surface area contributed by atoms with Crippen molar-refractivity contribution in [1.82, 2.24) is 4.90 Å². The molecule has 109 valence electrons. The first-order valence-electron chi connectivity index (χ1n) is 7.78. The maximum atomic E-state index is 5.39. The highest BCUT2D eigenvalue weighted by molar-refractivity contribution is 5.67. The molecule has 2 aromatic rings. The van der Waals surface area contributed by atoms with Crippen LogP contribution in [-0.2, 0) is 11.2 Å². The zero-order chi connectivity index (χ0) is 14.3. The molecular formula is C19H22NO. The van der Waals surface area contributed by atoms with Gasteiger partial charge in [-0.2, -0.15) is 0 Å². The summed E-state index contributed by atoms with van der Waals surface area (Å²) < 4.78 is 5.39. The molecule has 2 nitrogen and oxygen atoms in total. The summed E-state index contributed by atoms with van der Waals surface area (Å²) in [5.41, 5.74) is 4.04. The average Bonchev–Trinajstić information content (AvgIpc) is 2.57. The molecular weight excluding hydrogens is 258 g/mol. The first-order chi connectivity index (χ1) is 10.4. The summed E-state index contributed by atoms with van der Waals surface area (Å²) >= 11 is 0. The monoisotopic (exact) mass is 280 g/mol. The zero-order valence-corrected chi connectivity index (χ0v) is 12.4. The van der Waals surface area contributed by atoms with Crippen LogP contribution in [0.3, 0.4) is 0 Å². The highest BCUT2D eigenvalue weighted by Gasteiger charge is 2.10. The lowest BCUT2D eigenvalue weighted by Gasteiger charge is -2.26. The SMILES string of the molecule is [c]1ccc(-c2ccccc2)c(CCCN2CCOCC2)c1. The van der Waals surface area contributed by atoms with Crippen molar-refractivity contribution in [3.8, 4) is 11.1 Å². The third kappa shape index (κ3) is 3.93. The van der Waals surface area contributed by atoms with Gasteiger partial charge in [0.2, 0.25) is 0 Å². The Bertz CT molecular complexity index is 547. The summed E-state index contributed by atoms with van der Waals surface area (Å²) in [4.78, 5) is 2.50. The Labute approximate surface area is 127 Å². The number of aryl methyl sites for hydroxylation is 1. The van der Waals surface area contributed by atoms with Gasteiger partial charge < -0.3 is 4.74 Å². The Balaban J connectivity index is 1.63. The molecule has 0 atom stereocenters. The third-order valence-corrected chi connectivity index (χ3v) is 4.06. The quantitative estimate of drug-likeness (QED) is 0.832. The molecule has 2 heteroatoms. The Morgan fingerprint density at radius 1 is 1.05 bits per heavy atom. The topological polar surface area (TPSA) is 12.5 Å². The van der Waals surface area contributed by atoms with Crippen LogP contribution >= 0.6 is 0 Å². The van der Waals surface area contributed by atoms with Crippen molar-refractivity contribution in [3.05, 3.63) is 60.2 Å². The maximum Gasteiger partial charge on any atom is 0.0594 e. The van der Waals surface area contributed by atoms with E-state index in [1.165, 1.54) is 23.1 Å². The Morgan fingerprint density at radius 3 is 2.67 bits per heavy atom. The fraction of sp³-hybridized carbons (Fsp3) is 0.368. The molecule has 1 heterocycles. The number of rotatable bonds is 5. The van der Waals surface area contributed by atoms with Gasteiger partial charge in [-0.3, -0.25) is 4.90 Å². The van der Waals surface area contributed by atoms with E-state index in [1.807, 2.05) is 6.07 Å². The molecule has 0 N–H and O–H groups in total. The van der Waals surface area contributed by atoms with Crippen LogP contribution in [-0.4, -0.2) is 37.7 Å². The van der Waals surface area contributed by atoms with Crippen LogP contribution in [0.4, 0.5) is 0 Å². The van der Waals surface area contributed by atoms with Crippen molar-refractivity contribution < 1.29 is 4.74 Å². The van der Waals surface area contributed by atoms with Crippen LogP contribution in [0.15, 0.2) is 48.5 Å². The predicted octanol–water partition coefficient (Wildman–Crippen LogP) is 3.42. The lowest BCUT2D eigenvalue weighted by molar-refractivity contribution is 0.0375. The highest BCUT2D eigenvalue weighted by atomic mass is 16.5. The summed E-state index contributed by atoms with van der Waals surface area (Å²) in [6, 6.07) is 20.2. The minimum atomic E-state index is 0.883. The number of benzene rings is 2. The van der Waals surface area contributed by atoms with Crippen LogP contribution in [0.2, 0.25) is 0 Å². The van der Waals surface area contributed by atoms with Crippen LogP contribution < -0.4 is 0 Å². The number of hydrogen-bond acceptors (Lipinski definition) is 2. The lowest BCUT2D eigenvalue weighted by Crippen LogP contribution is -2.36. The smallest absolute Gasteiger partial charge is 0.0594 e. The largest absolute Gasteiger partial charge is 0.379 e. The summed E-state index contributed by atoms with van der Waals surface area (Å²) in [5, 5.41) is 0. The molecule has 3 rings (SSSR count). The molecule has 0 amide bonds. The summed E-state index contributed by atoms with van der Waals surface area (Å²) in [6.45, 7) is 5.08. The van der Waals surface area contributed by atoms with Gasteiger partial charge in [-0.15, -0.1) is 0 Å². The van der Waals surface area contributed by atoms with Crippen molar-refractivity contribution >= 4 is 0 Å². The molecule has 0 aromatic heterocycles. The molecule has 2 aromatic carbocycles. The standard InChI is InChI=1S/C19H22NO/c1-2-7-17(8-3-1)19-11-5-4-9-18(19)10-6-12-20-13-15-21-16-14-20/h1-3,5,7-9,11H,6,10,12-16H2. The zero-order valence-electron chi connectivity index (χ0n) is 12.4. The minimum absolute atomic E-state index is 0.883. The molecule has 1 aliphatic rings. The first kappa shape index (κ1) is 14.3. The van der Waals surface area contributed by atoms with E-state index in [1.54, 1.807) is 0 Å². The van der Waals surface area contributed by atoms with Crippen molar-refractivity contribution in [1.29, 1.82) is 0 Å².